The first-order valence-corrected chi connectivity index (χ1v) is 5.95. The topological polar surface area (TPSA) is 26.0 Å². The zero-order valence-electron chi connectivity index (χ0n) is 9.09. The average Bonchev–Trinajstić information content (AvgIpc) is 2.74. The Morgan fingerprint density at radius 2 is 1.89 bits per heavy atom. The standard InChI is InChI=1S/C12H9F4NS/c13-10-5-7(1-2-9(10)12(14,15)16)8-3-4-18-11(8)6-17/h1-5H,6,17H2. The number of rotatable bonds is 2. The third kappa shape index (κ3) is 2.39. The molecule has 6 heteroatoms. The summed E-state index contributed by atoms with van der Waals surface area (Å²) >= 11 is 1.39. The monoisotopic (exact) mass is 275 g/mol. The molecular formula is C12H9F4NS. The third-order valence-corrected chi connectivity index (χ3v) is 3.46. The van der Waals surface area contributed by atoms with Gasteiger partial charge in [0.1, 0.15) is 5.82 Å². The second-order valence-electron chi connectivity index (χ2n) is 3.65. The lowest BCUT2D eigenvalue weighted by Gasteiger charge is -2.09. The SMILES string of the molecule is NCc1sccc1-c1ccc(C(F)(F)F)c(F)c1. The van der Waals surface area contributed by atoms with Crippen molar-refractivity contribution in [2.45, 2.75) is 12.7 Å². The Labute approximate surface area is 105 Å². The molecule has 0 bridgehead atoms. The van der Waals surface area contributed by atoms with Gasteiger partial charge in [0.2, 0.25) is 0 Å². The summed E-state index contributed by atoms with van der Waals surface area (Å²) in [4.78, 5) is 0.814. The Morgan fingerprint density at radius 1 is 1.17 bits per heavy atom. The Hall–Kier alpha value is -1.40. The van der Waals surface area contributed by atoms with E-state index in [0.717, 1.165) is 17.0 Å². The maximum atomic E-state index is 13.4. The highest BCUT2D eigenvalue weighted by Gasteiger charge is 2.34. The first-order valence-electron chi connectivity index (χ1n) is 5.07. The van der Waals surface area contributed by atoms with Gasteiger partial charge in [-0.1, -0.05) is 6.07 Å². The van der Waals surface area contributed by atoms with Gasteiger partial charge >= 0.3 is 6.18 Å². The third-order valence-electron chi connectivity index (χ3n) is 2.52. The summed E-state index contributed by atoms with van der Waals surface area (Å²) in [7, 11) is 0. The first kappa shape index (κ1) is 13.0. The molecule has 18 heavy (non-hydrogen) atoms. The van der Waals surface area contributed by atoms with Crippen LogP contribution in [0.1, 0.15) is 10.4 Å². The Kier molecular flexibility index (Phi) is 3.41. The van der Waals surface area contributed by atoms with Gasteiger partial charge < -0.3 is 5.73 Å². The van der Waals surface area contributed by atoms with Crippen LogP contribution in [0.2, 0.25) is 0 Å². The van der Waals surface area contributed by atoms with Gasteiger partial charge in [0, 0.05) is 11.4 Å². The van der Waals surface area contributed by atoms with Crippen molar-refractivity contribution in [2.75, 3.05) is 0 Å². The lowest BCUT2D eigenvalue weighted by atomic mass is 10.0. The fraction of sp³-hybridized carbons (Fsp3) is 0.167. The normalized spacial score (nSPS) is 11.8. The molecule has 0 unspecified atom stereocenters. The van der Waals surface area contributed by atoms with Gasteiger partial charge in [-0.2, -0.15) is 13.2 Å². The summed E-state index contributed by atoms with van der Waals surface area (Å²) < 4.78 is 50.7. The van der Waals surface area contributed by atoms with Crippen LogP contribution < -0.4 is 5.73 Å². The van der Waals surface area contributed by atoms with Gasteiger partial charge in [-0.25, -0.2) is 4.39 Å². The fourth-order valence-electron chi connectivity index (χ4n) is 1.67. The van der Waals surface area contributed by atoms with Crippen molar-refractivity contribution < 1.29 is 17.6 Å². The second kappa shape index (κ2) is 4.70. The van der Waals surface area contributed by atoms with Crippen LogP contribution >= 0.6 is 11.3 Å². The predicted molar refractivity (Wildman–Crippen MR) is 62.6 cm³/mol. The van der Waals surface area contributed by atoms with Crippen LogP contribution in [-0.2, 0) is 12.7 Å². The number of hydrogen-bond donors (Lipinski definition) is 1. The van der Waals surface area contributed by atoms with Crippen LogP contribution in [0.25, 0.3) is 11.1 Å². The highest BCUT2D eigenvalue weighted by Crippen LogP contribution is 2.35. The minimum absolute atomic E-state index is 0.273. The molecule has 2 N–H and O–H groups in total. The molecule has 0 aliphatic rings. The minimum Gasteiger partial charge on any atom is -0.326 e. The molecule has 1 aromatic heterocycles. The molecule has 0 atom stereocenters. The summed E-state index contributed by atoms with van der Waals surface area (Å²) in [5.74, 6) is -1.27. The highest BCUT2D eigenvalue weighted by atomic mass is 32.1. The fourth-order valence-corrected chi connectivity index (χ4v) is 2.45. The maximum absolute atomic E-state index is 13.4. The molecule has 2 aromatic rings. The van der Waals surface area contributed by atoms with E-state index in [0.29, 0.717) is 11.1 Å². The van der Waals surface area contributed by atoms with Crippen LogP contribution in [0.15, 0.2) is 29.6 Å². The number of nitrogens with two attached hydrogens (primary N) is 1. The molecule has 96 valence electrons. The number of hydrogen-bond acceptors (Lipinski definition) is 2. The number of benzene rings is 1. The number of thiophene rings is 1. The molecule has 0 fully saturated rings. The van der Waals surface area contributed by atoms with E-state index in [9.17, 15) is 17.6 Å². The lowest BCUT2D eigenvalue weighted by Crippen LogP contribution is -2.07. The van der Waals surface area contributed by atoms with Gasteiger partial charge in [0.25, 0.3) is 0 Å². The van der Waals surface area contributed by atoms with Crippen LogP contribution in [0.5, 0.6) is 0 Å². The van der Waals surface area contributed by atoms with E-state index in [1.807, 2.05) is 0 Å². The highest BCUT2D eigenvalue weighted by molar-refractivity contribution is 7.10. The molecule has 0 spiro atoms. The molecule has 1 nitrogen and oxygen atoms in total. The van der Waals surface area contributed by atoms with Crippen molar-refractivity contribution in [2.24, 2.45) is 5.73 Å². The Bertz CT molecular complexity index is 559. The van der Waals surface area contributed by atoms with Crippen molar-refractivity contribution in [3.63, 3.8) is 0 Å². The summed E-state index contributed by atoms with van der Waals surface area (Å²) in [6.45, 7) is 0.273. The molecule has 0 amide bonds. The van der Waals surface area contributed by atoms with Gasteiger partial charge in [-0.3, -0.25) is 0 Å². The van der Waals surface area contributed by atoms with E-state index in [2.05, 4.69) is 0 Å². The van der Waals surface area contributed by atoms with E-state index in [4.69, 9.17) is 5.73 Å². The second-order valence-corrected chi connectivity index (χ2v) is 4.65. The summed E-state index contributed by atoms with van der Waals surface area (Å²) in [5.41, 5.74) is 5.33. The molecule has 0 saturated heterocycles. The van der Waals surface area contributed by atoms with E-state index < -0.39 is 17.6 Å². The van der Waals surface area contributed by atoms with Gasteiger partial charge in [0.15, 0.2) is 0 Å². The average molecular weight is 275 g/mol. The van der Waals surface area contributed by atoms with E-state index >= 15 is 0 Å². The summed E-state index contributed by atoms with van der Waals surface area (Å²) in [6.07, 6.45) is -4.67. The molecule has 1 heterocycles. The largest absolute Gasteiger partial charge is 0.419 e. The number of halogens is 4. The number of alkyl halides is 3. The molecule has 0 radical (unpaired) electrons. The Balaban J connectivity index is 2.47. The van der Waals surface area contributed by atoms with Crippen LogP contribution in [-0.4, -0.2) is 0 Å². The molecule has 0 aliphatic carbocycles. The van der Waals surface area contributed by atoms with Crippen molar-refractivity contribution in [1.82, 2.24) is 0 Å². The zero-order valence-corrected chi connectivity index (χ0v) is 9.91. The van der Waals surface area contributed by atoms with Crippen LogP contribution in [0, 0.1) is 5.82 Å². The molecule has 1 aromatic carbocycles. The minimum atomic E-state index is -4.67. The van der Waals surface area contributed by atoms with Crippen molar-refractivity contribution in [1.29, 1.82) is 0 Å². The van der Waals surface area contributed by atoms with Gasteiger partial charge in [-0.15, -0.1) is 11.3 Å². The van der Waals surface area contributed by atoms with Crippen LogP contribution in [0.4, 0.5) is 17.6 Å². The molecule has 0 saturated carbocycles. The molecule has 2 rings (SSSR count). The van der Waals surface area contributed by atoms with Crippen molar-refractivity contribution in [3.05, 3.63) is 45.9 Å². The van der Waals surface area contributed by atoms with Crippen molar-refractivity contribution in [3.8, 4) is 11.1 Å². The molecule has 0 aliphatic heterocycles. The summed E-state index contributed by atoms with van der Waals surface area (Å²) in [5, 5.41) is 1.77. The van der Waals surface area contributed by atoms with Crippen LogP contribution in [0.3, 0.4) is 0 Å². The molecular weight excluding hydrogens is 266 g/mol. The zero-order chi connectivity index (χ0) is 13.3. The van der Waals surface area contributed by atoms with Gasteiger partial charge in [0.05, 0.1) is 5.56 Å². The van der Waals surface area contributed by atoms with Crippen molar-refractivity contribution >= 4 is 11.3 Å². The summed E-state index contributed by atoms with van der Waals surface area (Å²) in [6, 6.07) is 4.62. The van der Waals surface area contributed by atoms with Gasteiger partial charge in [-0.05, 0) is 34.7 Å². The van der Waals surface area contributed by atoms with E-state index in [1.54, 1.807) is 11.4 Å². The smallest absolute Gasteiger partial charge is 0.326 e. The first-order chi connectivity index (χ1) is 8.43. The maximum Gasteiger partial charge on any atom is 0.419 e. The predicted octanol–water partition coefficient (Wildman–Crippen LogP) is 4.03. The van der Waals surface area contributed by atoms with E-state index in [-0.39, 0.29) is 6.54 Å². The van der Waals surface area contributed by atoms with E-state index in [1.165, 1.54) is 17.4 Å². The lowest BCUT2D eigenvalue weighted by molar-refractivity contribution is -0.139. The quantitative estimate of drug-likeness (QED) is 0.823. The Morgan fingerprint density at radius 3 is 2.44 bits per heavy atom.